The molecule has 0 aromatic heterocycles. The van der Waals surface area contributed by atoms with Crippen molar-refractivity contribution in [3.8, 4) is 0 Å². The summed E-state index contributed by atoms with van der Waals surface area (Å²) in [6.45, 7) is 6.68. The van der Waals surface area contributed by atoms with Crippen molar-refractivity contribution in [1.29, 1.82) is 0 Å². The fourth-order valence-electron chi connectivity index (χ4n) is 4.28. The smallest absolute Gasteiger partial charge is 0.251 e. The highest BCUT2D eigenvalue weighted by Crippen LogP contribution is 2.47. The molecule has 1 aromatic carbocycles. The van der Waals surface area contributed by atoms with Crippen LogP contribution < -0.4 is 16.4 Å². The predicted octanol–water partition coefficient (Wildman–Crippen LogP) is 2.69. The molecule has 0 saturated heterocycles. The van der Waals surface area contributed by atoms with Crippen molar-refractivity contribution in [1.82, 2.24) is 5.32 Å². The molecule has 4 N–H and O–H groups in total. The maximum Gasteiger partial charge on any atom is 0.251 e. The van der Waals surface area contributed by atoms with E-state index in [1.165, 1.54) is 0 Å². The van der Waals surface area contributed by atoms with E-state index in [0.717, 1.165) is 30.5 Å². The minimum Gasteiger partial charge on any atom is -0.352 e. The van der Waals surface area contributed by atoms with Crippen LogP contribution in [-0.4, -0.2) is 24.4 Å². The second-order valence-electron chi connectivity index (χ2n) is 8.06. The zero-order chi connectivity index (χ0) is 18.1. The van der Waals surface area contributed by atoms with E-state index in [-0.39, 0.29) is 23.8 Å². The monoisotopic (exact) mass is 343 g/mol. The topological polar surface area (TPSA) is 84.2 Å². The lowest BCUT2D eigenvalue weighted by Gasteiger charge is -2.27. The van der Waals surface area contributed by atoms with Crippen molar-refractivity contribution < 1.29 is 9.59 Å². The lowest BCUT2D eigenvalue weighted by atomic mass is 9.84. The zero-order valence-electron chi connectivity index (χ0n) is 15.3. The fraction of sp³-hybridized carbons (Fsp3) is 0.600. The highest BCUT2D eigenvalue weighted by molar-refractivity contribution is 5.97. The van der Waals surface area contributed by atoms with Crippen LogP contribution in [0.5, 0.6) is 0 Å². The molecule has 2 aliphatic rings. The molecular weight excluding hydrogens is 314 g/mol. The van der Waals surface area contributed by atoms with Crippen LogP contribution in [0.4, 0.5) is 5.69 Å². The molecule has 3 rings (SSSR count). The zero-order valence-corrected chi connectivity index (χ0v) is 15.3. The van der Waals surface area contributed by atoms with Crippen LogP contribution in [0.25, 0.3) is 0 Å². The largest absolute Gasteiger partial charge is 0.352 e. The van der Waals surface area contributed by atoms with Gasteiger partial charge in [0.05, 0.1) is 5.92 Å². The van der Waals surface area contributed by atoms with Gasteiger partial charge >= 0.3 is 0 Å². The quantitative estimate of drug-likeness (QED) is 0.768. The number of rotatable bonds is 5. The number of hydrogen-bond donors (Lipinski definition) is 3. The summed E-state index contributed by atoms with van der Waals surface area (Å²) < 4.78 is 0. The highest BCUT2D eigenvalue weighted by atomic mass is 16.2. The first-order valence-corrected chi connectivity index (χ1v) is 9.32. The Morgan fingerprint density at radius 1 is 1.24 bits per heavy atom. The Morgan fingerprint density at radius 2 is 1.96 bits per heavy atom. The molecule has 0 aliphatic heterocycles. The summed E-state index contributed by atoms with van der Waals surface area (Å²) >= 11 is 0. The van der Waals surface area contributed by atoms with Crippen LogP contribution in [-0.2, 0) is 4.79 Å². The number of fused-ring (bicyclic) bond motifs is 2. The van der Waals surface area contributed by atoms with Gasteiger partial charge in [-0.3, -0.25) is 9.59 Å². The van der Waals surface area contributed by atoms with Gasteiger partial charge in [0.1, 0.15) is 0 Å². The number of hydrogen-bond acceptors (Lipinski definition) is 3. The van der Waals surface area contributed by atoms with Crippen LogP contribution in [0.15, 0.2) is 18.2 Å². The van der Waals surface area contributed by atoms with Gasteiger partial charge in [-0.15, -0.1) is 0 Å². The van der Waals surface area contributed by atoms with Gasteiger partial charge in [0, 0.05) is 23.8 Å². The first-order valence-electron chi connectivity index (χ1n) is 9.32. The summed E-state index contributed by atoms with van der Waals surface area (Å²) in [7, 11) is 0. The second kappa shape index (κ2) is 7.16. The number of nitrogens with one attached hydrogen (secondary N) is 2. The molecule has 0 heterocycles. The van der Waals surface area contributed by atoms with Crippen molar-refractivity contribution in [3.05, 3.63) is 29.3 Å². The summed E-state index contributed by atoms with van der Waals surface area (Å²) in [5.74, 6) is 1.22. The first kappa shape index (κ1) is 17.9. The SMILES string of the molecule is Cc1cc(C(=O)NCC(C)C)ccc1NC(=O)C1C2CCC(C2)C1N. The maximum absolute atomic E-state index is 12.7. The Hall–Kier alpha value is -1.88. The van der Waals surface area contributed by atoms with Gasteiger partial charge in [0.2, 0.25) is 5.91 Å². The van der Waals surface area contributed by atoms with E-state index < -0.39 is 0 Å². The number of amides is 2. The Kier molecular flexibility index (Phi) is 5.13. The van der Waals surface area contributed by atoms with E-state index in [1.807, 2.05) is 19.1 Å². The standard InChI is InChI=1S/C20H29N3O2/c1-11(2)10-22-19(24)15-6-7-16(12(3)8-15)23-20(25)17-13-4-5-14(9-13)18(17)21/h6-8,11,13-14,17-18H,4-5,9-10,21H2,1-3H3,(H,22,24)(H,23,25). The Bertz CT molecular complexity index is 669. The van der Waals surface area contributed by atoms with Gasteiger partial charge in [-0.1, -0.05) is 13.8 Å². The molecule has 2 aliphatic carbocycles. The Morgan fingerprint density at radius 3 is 2.56 bits per heavy atom. The molecular formula is C20H29N3O2. The van der Waals surface area contributed by atoms with Crippen molar-refractivity contribution in [2.45, 2.75) is 46.1 Å². The van der Waals surface area contributed by atoms with Gasteiger partial charge in [0.15, 0.2) is 0 Å². The molecule has 2 fully saturated rings. The number of carbonyl (C=O) groups is 2. The molecule has 1 aromatic rings. The molecule has 2 saturated carbocycles. The van der Waals surface area contributed by atoms with Crippen LogP contribution in [0.3, 0.4) is 0 Å². The van der Waals surface area contributed by atoms with Crippen molar-refractivity contribution in [2.75, 3.05) is 11.9 Å². The second-order valence-corrected chi connectivity index (χ2v) is 8.06. The average Bonchev–Trinajstić information content (AvgIpc) is 3.15. The van der Waals surface area contributed by atoms with Gasteiger partial charge in [-0.25, -0.2) is 0 Å². The summed E-state index contributed by atoms with van der Waals surface area (Å²) in [6, 6.07) is 5.39. The molecule has 4 unspecified atom stereocenters. The molecule has 4 atom stereocenters. The number of carbonyl (C=O) groups excluding carboxylic acids is 2. The number of anilines is 1. The maximum atomic E-state index is 12.7. The summed E-state index contributed by atoms with van der Waals surface area (Å²) in [5, 5.41) is 5.94. The number of benzene rings is 1. The minimum absolute atomic E-state index is 0.0138. The molecule has 136 valence electrons. The van der Waals surface area contributed by atoms with Gasteiger partial charge < -0.3 is 16.4 Å². The highest BCUT2D eigenvalue weighted by Gasteiger charge is 2.49. The van der Waals surface area contributed by atoms with E-state index >= 15 is 0 Å². The van der Waals surface area contributed by atoms with Crippen LogP contribution in [0, 0.1) is 30.6 Å². The molecule has 2 amide bonds. The third-order valence-corrected chi connectivity index (χ3v) is 5.70. The Balaban J connectivity index is 1.65. The van der Waals surface area contributed by atoms with Gasteiger partial charge in [-0.2, -0.15) is 0 Å². The van der Waals surface area contributed by atoms with E-state index in [4.69, 9.17) is 5.73 Å². The van der Waals surface area contributed by atoms with Crippen molar-refractivity contribution in [3.63, 3.8) is 0 Å². The summed E-state index contributed by atoms with van der Waals surface area (Å²) in [5.41, 5.74) is 8.54. The van der Waals surface area contributed by atoms with Gasteiger partial charge in [0.25, 0.3) is 5.91 Å². The lowest BCUT2D eigenvalue weighted by Crippen LogP contribution is -2.42. The van der Waals surface area contributed by atoms with E-state index in [2.05, 4.69) is 24.5 Å². The van der Waals surface area contributed by atoms with Crippen molar-refractivity contribution >= 4 is 17.5 Å². The van der Waals surface area contributed by atoms with Crippen LogP contribution in [0.2, 0.25) is 0 Å². The molecule has 5 heteroatoms. The normalized spacial score (nSPS) is 27.6. The molecule has 0 radical (unpaired) electrons. The average molecular weight is 343 g/mol. The third-order valence-electron chi connectivity index (χ3n) is 5.70. The van der Waals surface area contributed by atoms with Crippen molar-refractivity contribution in [2.24, 2.45) is 29.4 Å². The van der Waals surface area contributed by atoms with E-state index in [0.29, 0.717) is 29.9 Å². The third kappa shape index (κ3) is 3.71. The van der Waals surface area contributed by atoms with Crippen LogP contribution >= 0.6 is 0 Å². The Labute approximate surface area is 149 Å². The van der Waals surface area contributed by atoms with E-state index in [9.17, 15) is 9.59 Å². The van der Waals surface area contributed by atoms with E-state index in [1.54, 1.807) is 6.07 Å². The minimum atomic E-state index is -0.0789. The fourth-order valence-corrected chi connectivity index (χ4v) is 4.28. The van der Waals surface area contributed by atoms with Gasteiger partial charge in [-0.05, 0) is 67.7 Å². The van der Waals surface area contributed by atoms with Crippen LogP contribution in [0.1, 0.15) is 49.0 Å². The number of aryl methyl sites for hydroxylation is 1. The summed E-state index contributed by atoms with van der Waals surface area (Å²) in [4.78, 5) is 24.9. The molecule has 25 heavy (non-hydrogen) atoms. The molecule has 2 bridgehead atoms. The predicted molar refractivity (Wildman–Crippen MR) is 99.3 cm³/mol. The summed E-state index contributed by atoms with van der Waals surface area (Å²) in [6.07, 6.45) is 3.37. The lowest BCUT2D eigenvalue weighted by molar-refractivity contribution is -0.121. The first-order chi connectivity index (χ1) is 11.9. The molecule has 5 nitrogen and oxygen atoms in total. The molecule has 0 spiro atoms. The number of nitrogens with two attached hydrogens (primary N) is 1.